The van der Waals surface area contributed by atoms with Crippen LogP contribution >= 0.6 is 0 Å². The zero-order valence-corrected chi connectivity index (χ0v) is 12.8. The molecule has 0 aliphatic carbocycles. The van der Waals surface area contributed by atoms with Crippen LogP contribution in [0.3, 0.4) is 0 Å². The van der Waals surface area contributed by atoms with Gasteiger partial charge in [0.2, 0.25) is 0 Å². The summed E-state index contributed by atoms with van der Waals surface area (Å²) in [7, 11) is 0. The zero-order chi connectivity index (χ0) is 4.50. The van der Waals surface area contributed by atoms with Crippen LogP contribution in [-0.4, -0.2) is 103 Å². The third-order valence-electron chi connectivity index (χ3n) is 0. The fourth-order valence-electron chi connectivity index (χ4n) is 0. The van der Waals surface area contributed by atoms with Gasteiger partial charge in [-0.25, -0.2) is 0 Å². The first kappa shape index (κ1) is 16.6. The van der Waals surface area contributed by atoms with Crippen LogP contribution in [0.5, 0.6) is 0 Å². The second kappa shape index (κ2) is 7.22. The van der Waals surface area contributed by atoms with Gasteiger partial charge < -0.3 is 0 Å². The Bertz CT molecular complexity index is 161. The third-order valence-corrected chi connectivity index (χ3v) is 0. The number of hydrogen-bond donors (Lipinski definition) is 0. The first-order chi connectivity index (χ1) is 2.00. The van der Waals surface area contributed by atoms with Crippen molar-refractivity contribution in [1.29, 1.82) is 0 Å². The van der Waals surface area contributed by atoms with Crippen molar-refractivity contribution in [2.24, 2.45) is 0 Å². The average molecular weight is 332 g/mol. The molecule has 0 saturated carbocycles. The second-order valence-corrected chi connectivity index (χ2v) is 2.89. The van der Waals surface area contributed by atoms with Gasteiger partial charge in [0.25, 0.3) is 0 Å². The van der Waals surface area contributed by atoms with Crippen LogP contribution in [0.15, 0.2) is 0 Å². The normalized spacial score (nSPS) is 8.00. The van der Waals surface area contributed by atoms with Gasteiger partial charge in [0, 0.05) is 103 Å². The molecule has 4 nitrogen and oxygen atoms in total. The van der Waals surface area contributed by atoms with Crippen LogP contribution in [0.1, 0.15) is 0 Å². The summed E-state index contributed by atoms with van der Waals surface area (Å²) in [6.45, 7) is 0. The molecular weight excluding hydrogens is 332 g/mol. The fourth-order valence-corrected chi connectivity index (χ4v) is 0. The zero-order valence-electron chi connectivity index (χ0n) is 3.99. The molecule has 0 saturated heterocycles. The average Bonchev–Trinajstić information content (AvgIpc) is 0.722. The summed E-state index contributed by atoms with van der Waals surface area (Å²) in [5.41, 5.74) is 0. The van der Waals surface area contributed by atoms with Crippen LogP contribution in [0.4, 0.5) is 0 Å². The van der Waals surface area contributed by atoms with Crippen molar-refractivity contribution in [2.75, 3.05) is 0 Å². The molecule has 0 N–H and O–H groups in total. The molecule has 0 heterocycles. The maximum absolute atomic E-state index is 8.63. The molecule has 2 radical (unpaired) electrons. The van der Waals surface area contributed by atoms with E-state index >= 15 is 0 Å². The van der Waals surface area contributed by atoms with E-state index < -0.39 is 14.8 Å². The quantitative estimate of drug-likeness (QED) is 0.521. The first-order valence-corrected chi connectivity index (χ1v) is 4.73. The Kier molecular flexibility index (Phi) is 17.1. The van der Waals surface area contributed by atoms with E-state index in [2.05, 4.69) is 0 Å². The molecule has 7 heavy (non-hydrogen) atoms. The van der Waals surface area contributed by atoms with E-state index in [0.29, 0.717) is 0 Å². The first-order valence-electron chi connectivity index (χ1n) is 0.577. The van der Waals surface area contributed by atoms with Gasteiger partial charge in [-0.15, -0.1) is 0 Å². The van der Waals surface area contributed by atoms with Crippen LogP contribution in [0, 0.1) is 0 Å². The summed E-state index contributed by atoms with van der Waals surface area (Å²) in [6.07, 6.45) is 0. The van der Waals surface area contributed by atoms with E-state index in [1.807, 2.05) is 0 Å². The summed E-state index contributed by atoms with van der Waals surface area (Å²) in [5.74, 6) is 0. The van der Waals surface area contributed by atoms with E-state index in [1.54, 1.807) is 0 Å². The summed E-state index contributed by atoms with van der Waals surface area (Å²) in [4.78, 5) is 0. The predicted molar refractivity (Wildman–Crippen MR) is 14.3 cm³/mol. The molecule has 7 heteroatoms. The molecule has 0 spiro atoms. The molecule has 0 rings (SSSR count). The minimum absolute atomic E-state index is 0. The van der Waals surface area contributed by atoms with E-state index in [4.69, 9.17) is 14.2 Å². The summed E-state index contributed by atoms with van der Waals surface area (Å²) in [6, 6.07) is 0. The molecule has 0 atom stereocenters. The van der Waals surface area contributed by atoms with Crippen molar-refractivity contribution in [3.8, 4) is 0 Å². The van der Waals surface area contributed by atoms with Crippen molar-refractivity contribution in [3.05, 3.63) is 0 Å². The van der Waals surface area contributed by atoms with Crippen molar-refractivity contribution in [1.82, 2.24) is 0 Å². The van der Waals surface area contributed by atoms with Crippen molar-refractivity contribution >= 4 is 103 Å². The molecule has 34 valence electrons. The van der Waals surface area contributed by atoms with Crippen molar-refractivity contribution < 1.29 is 29.0 Å². The Morgan fingerprint density at radius 3 is 0.714 bits per heavy atom. The Balaban J connectivity index is -0.0000000800. The van der Waals surface area contributed by atoms with E-state index in [1.165, 1.54) is 0 Å². The van der Waals surface area contributed by atoms with Crippen LogP contribution < -0.4 is 0 Å². The SMILES string of the molecule is [K].[K].[O]=[Os](=[O])(=[O])=[O]. The molecule has 0 bridgehead atoms. The third kappa shape index (κ3) is 47.6. The summed E-state index contributed by atoms with van der Waals surface area (Å²) >= 11 is -6.06. The number of hydrogen-bond acceptors (Lipinski definition) is 4. The van der Waals surface area contributed by atoms with Gasteiger partial charge >= 0.3 is 29.0 Å². The fraction of sp³-hybridized carbons (Fsp3) is 0. The monoisotopic (exact) mass is 334 g/mol. The second-order valence-electron chi connectivity index (χ2n) is 0.354. The number of rotatable bonds is 0. The molecule has 0 aliphatic heterocycles. The van der Waals surface area contributed by atoms with E-state index in [9.17, 15) is 0 Å². The van der Waals surface area contributed by atoms with Gasteiger partial charge in [-0.05, 0) is 0 Å². The summed E-state index contributed by atoms with van der Waals surface area (Å²) in [5, 5.41) is 0. The molecule has 0 amide bonds. The predicted octanol–water partition coefficient (Wildman–Crippen LogP) is -1.24. The van der Waals surface area contributed by atoms with Gasteiger partial charge in [0.05, 0.1) is 0 Å². The van der Waals surface area contributed by atoms with Gasteiger partial charge in [0.15, 0.2) is 0 Å². The maximum atomic E-state index is 8.63. The molecule has 0 aromatic carbocycles. The van der Waals surface area contributed by atoms with Gasteiger partial charge in [0.1, 0.15) is 0 Å². The standard InChI is InChI=1S/2K.4O.Os. The molecule has 0 aromatic rings. The van der Waals surface area contributed by atoms with Crippen LogP contribution in [0.25, 0.3) is 0 Å². The van der Waals surface area contributed by atoms with Gasteiger partial charge in [-0.1, -0.05) is 0 Å². The van der Waals surface area contributed by atoms with Crippen molar-refractivity contribution in [2.45, 2.75) is 0 Å². The Morgan fingerprint density at radius 2 is 0.714 bits per heavy atom. The van der Waals surface area contributed by atoms with Gasteiger partial charge in [-0.3, -0.25) is 0 Å². The van der Waals surface area contributed by atoms with Crippen molar-refractivity contribution in [3.63, 3.8) is 0 Å². The Hall–Kier alpha value is 3.11. The Morgan fingerprint density at radius 1 is 0.714 bits per heavy atom. The molecule has 0 fully saturated rings. The van der Waals surface area contributed by atoms with Crippen LogP contribution in [0.2, 0.25) is 0 Å². The molecule has 0 unspecified atom stereocenters. The van der Waals surface area contributed by atoms with Crippen LogP contribution in [-0.2, 0) is 29.0 Å². The Labute approximate surface area is 128 Å². The van der Waals surface area contributed by atoms with E-state index in [0.717, 1.165) is 0 Å². The summed E-state index contributed by atoms with van der Waals surface area (Å²) < 4.78 is 34.5. The minimum atomic E-state index is -6.06. The van der Waals surface area contributed by atoms with Gasteiger partial charge in [-0.2, -0.15) is 0 Å². The topological polar surface area (TPSA) is 68.3 Å². The van der Waals surface area contributed by atoms with E-state index in [-0.39, 0.29) is 103 Å². The molecular formula is K2O4Os. The molecule has 0 aliphatic rings. The molecule has 0 aromatic heterocycles.